The van der Waals surface area contributed by atoms with Crippen molar-refractivity contribution >= 4 is 40.0 Å². The van der Waals surface area contributed by atoms with E-state index in [0.717, 1.165) is 0 Å². The van der Waals surface area contributed by atoms with Crippen molar-refractivity contribution < 1.29 is 9.53 Å². The summed E-state index contributed by atoms with van der Waals surface area (Å²) in [6.45, 7) is 2.47. The maximum absolute atomic E-state index is 12.7. The van der Waals surface area contributed by atoms with Crippen LogP contribution >= 0.6 is 23.4 Å². The Morgan fingerprint density at radius 1 is 1.28 bits per heavy atom. The maximum Gasteiger partial charge on any atom is 0.193 e. The maximum atomic E-state index is 12.7. The molecule has 2 rings (SSSR count). The predicted molar refractivity (Wildman–Crippen MR) is 102 cm³/mol. The molecule has 0 aliphatic heterocycles. The third-order valence-corrected chi connectivity index (χ3v) is 4.11. The number of nitriles is 1. The van der Waals surface area contributed by atoms with Gasteiger partial charge in [-0.1, -0.05) is 23.4 Å². The number of nitrogens with one attached hydrogen (secondary N) is 1. The average molecular weight is 374 g/mol. The Labute approximate surface area is 155 Å². The number of amidine groups is 1. The summed E-state index contributed by atoms with van der Waals surface area (Å²) in [5.74, 6) is 0.572. The first kappa shape index (κ1) is 18.8. The van der Waals surface area contributed by atoms with Crippen molar-refractivity contribution in [2.75, 3.05) is 12.9 Å². The van der Waals surface area contributed by atoms with E-state index in [1.54, 1.807) is 48.7 Å². The fourth-order valence-corrected chi connectivity index (χ4v) is 2.55. The zero-order valence-electron chi connectivity index (χ0n) is 13.7. The second-order valence-electron chi connectivity index (χ2n) is 4.81. The highest BCUT2D eigenvalue weighted by Gasteiger charge is 2.12. The van der Waals surface area contributed by atoms with Gasteiger partial charge in [0, 0.05) is 11.1 Å². The Morgan fingerprint density at radius 3 is 2.56 bits per heavy atom. The Hall–Kier alpha value is -2.49. The summed E-state index contributed by atoms with van der Waals surface area (Å²) in [4.78, 5) is 16.9. The summed E-state index contributed by atoms with van der Waals surface area (Å²) in [6.07, 6.45) is 3.60. The van der Waals surface area contributed by atoms with E-state index >= 15 is 0 Å². The van der Waals surface area contributed by atoms with Gasteiger partial charge in [0.1, 0.15) is 5.75 Å². The number of hydrogen-bond acceptors (Lipinski definition) is 5. The van der Waals surface area contributed by atoms with Crippen molar-refractivity contribution in [3.8, 4) is 11.9 Å². The second-order valence-corrected chi connectivity index (χ2v) is 6.01. The Kier molecular flexibility index (Phi) is 6.87. The van der Waals surface area contributed by atoms with Gasteiger partial charge in [-0.25, -0.2) is 4.99 Å². The van der Waals surface area contributed by atoms with Gasteiger partial charge in [-0.3, -0.25) is 10.1 Å². The molecule has 7 heteroatoms. The number of rotatable bonds is 5. The van der Waals surface area contributed by atoms with Gasteiger partial charge in [0.05, 0.1) is 17.3 Å². The molecule has 0 saturated heterocycles. The fourth-order valence-electron chi connectivity index (χ4n) is 2.06. The van der Waals surface area contributed by atoms with Crippen LogP contribution in [0.3, 0.4) is 0 Å². The van der Waals surface area contributed by atoms with Crippen LogP contribution in [0, 0.1) is 11.5 Å². The molecular formula is C18H16ClN3O2S. The van der Waals surface area contributed by atoms with E-state index in [-0.39, 0.29) is 5.78 Å². The van der Waals surface area contributed by atoms with Gasteiger partial charge in [0.15, 0.2) is 17.1 Å². The summed E-state index contributed by atoms with van der Waals surface area (Å²) in [5, 5.41) is 12.0. The fraction of sp³-hybridized carbons (Fsp3) is 0.167. The molecule has 0 heterocycles. The number of aliphatic imine (C=N–C) groups is 1. The Morgan fingerprint density at radius 2 is 1.96 bits per heavy atom. The van der Waals surface area contributed by atoms with Gasteiger partial charge in [0.25, 0.3) is 0 Å². The lowest BCUT2D eigenvalue weighted by Gasteiger charge is -2.07. The van der Waals surface area contributed by atoms with Gasteiger partial charge in [-0.15, -0.1) is 0 Å². The smallest absolute Gasteiger partial charge is 0.193 e. The molecule has 0 aromatic heterocycles. The van der Waals surface area contributed by atoms with E-state index in [4.69, 9.17) is 21.6 Å². The van der Waals surface area contributed by atoms with E-state index in [9.17, 15) is 4.79 Å². The number of thioether (sulfide) groups is 1. The highest BCUT2D eigenvalue weighted by molar-refractivity contribution is 8.13. The third-order valence-electron chi connectivity index (χ3n) is 3.21. The first-order valence-electron chi connectivity index (χ1n) is 7.44. The molecule has 0 saturated carbocycles. The van der Waals surface area contributed by atoms with Crippen LogP contribution in [-0.2, 0) is 0 Å². The molecule has 0 amide bonds. The first-order valence-corrected chi connectivity index (χ1v) is 9.04. The quantitative estimate of drug-likeness (QED) is 0.276. The topological polar surface area (TPSA) is 74.5 Å². The molecular weight excluding hydrogens is 358 g/mol. The van der Waals surface area contributed by atoms with Crippen molar-refractivity contribution in [2.24, 2.45) is 4.99 Å². The summed E-state index contributed by atoms with van der Waals surface area (Å²) in [5.41, 5.74) is 1.43. The molecule has 0 aliphatic rings. The molecule has 2 aromatic carbocycles. The predicted octanol–water partition coefficient (Wildman–Crippen LogP) is 4.39. The number of ether oxygens (including phenoxy) is 1. The normalized spacial score (nSPS) is 10.9. The van der Waals surface area contributed by atoms with Crippen LogP contribution in [0.2, 0.25) is 5.02 Å². The van der Waals surface area contributed by atoms with Crippen LogP contribution in [0.5, 0.6) is 5.75 Å². The van der Waals surface area contributed by atoms with Gasteiger partial charge >= 0.3 is 0 Å². The van der Waals surface area contributed by atoms with Crippen LogP contribution in [0.15, 0.2) is 47.5 Å². The van der Waals surface area contributed by atoms with Crippen molar-refractivity contribution in [3.05, 3.63) is 58.6 Å². The standard InChI is InChI=1S/C18H16ClN3O2S/c1-3-24-14-7-4-12(5-8-14)17(23)13-6-9-15(19)16(10-13)22-18(25-2)21-11-20/h4-10H,3H2,1-2H3,(H,21,22). The summed E-state index contributed by atoms with van der Waals surface area (Å²) in [7, 11) is 0. The van der Waals surface area contributed by atoms with Crippen molar-refractivity contribution in [1.82, 2.24) is 5.32 Å². The van der Waals surface area contributed by atoms with Crippen LogP contribution in [0.25, 0.3) is 0 Å². The Bertz CT molecular complexity index is 829. The minimum Gasteiger partial charge on any atom is -0.494 e. The molecule has 0 aliphatic carbocycles. The zero-order chi connectivity index (χ0) is 18.2. The molecule has 2 aromatic rings. The van der Waals surface area contributed by atoms with E-state index in [1.807, 2.05) is 13.1 Å². The molecule has 0 unspecified atom stereocenters. The molecule has 0 fully saturated rings. The van der Waals surface area contributed by atoms with E-state index in [1.165, 1.54) is 11.8 Å². The SMILES string of the molecule is CCOc1ccc(C(=O)c2ccc(Cl)c(N=C(NC#N)SC)c2)cc1. The molecule has 5 nitrogen and oxygen atoms in total. The first-order chi connectivity index (χ1) is 12.1. The number of carbonyl (C=O) groups is 1. The number of carbonyl (C=O) groups excluding carboxylic acids is 1. The molecule has 1 N–H and O–H groups in total. The lowest BCUT2D eigenvalue weighted by molar-refractivity contribution is 0.103. The Balaban J connectivity index is 2.32. The average Bonchev–Trinajstić information content (AvgIpc) is 2.63. The number of benzene rings is 2. The molecule has 0 bridgehead atoms. The van der Waals surface area contributed by atoms with E-state index < -0.39 is 0 Å². The third kappa shape index (κ3) is 4.99. The number of nitrogens with zero attached hydrogens (tertiary/aromatic N) is 2. The van der Waals surface area contributed by atoms with Crippen molar-refractivity contribution in [3.63, 3.8) is 0 Å². The van der Waals surface area contributed by atoms with Gasteiger partial charge in [-0.2, -0.15) is 5.26 Å². The van der Waals surface area contributed by atoms with Gasteiger partial charge < -0.3 is 4.74 Å². The summed E-state index contributed by atoms with van der Waals surface area (Å²) < 4.78 is 5.38. The van der Waals surface area contributed by atoms with Crippen LogP contribution < -0.4 is 10.1 Å². The molecule has 25 heavy (non-hydrogen) atoms. The molecule has 128 valence electrons. The van der Waals surface area contributed by atoms with Gasteiger partial charge in [0.2, 0.25) is 0 Å². The number of ketones is 1. The largest absolute Gasteiger partial charge is 0.494 e. The van der Waals surface area contributed by atoms with E-state index in [0.29, 0.717) is 39.4 Å². The monoisotopic (exact) mass is 373 g/mol. The zero-order valence-corrected chi connectivity index (χ0v) is 15.3. The van der Waals surface area contributed by atoms with Crippen LogP contribution in [0.4, 0.5) is 5.69 Å². The van der Waals surface area contributed by atoms with Crippen molar-refractivity contribution in [2.45, 2.75) is 6.92 Å². The number of hydrogen-bond donors (Lipinski definition) is 1. The van der Waals surface area contributed by atoms with E-state index in [2.05, 4.69) is 10.3 Å². The van der Waals surface area contributed by atoms with Crippen LogP contribution in [0.1, 0.15) is 22.8 Å². The summed E-state index contributed by atoms with van der Waals surface area (Å²) in [6, 6.07) is 11.8. The van der Waals surface area contributed by atoms with Crippen LogP contribution in [-0.4, -0.2) is 23.8 Å². The molecule has 0 spiro atoms. The highest BCUT2D eigenvalue weighted by atomic mass is 35.5. The number of halogens is 1. The molecule has 0 atom stereocenters. The van der Waals surface area contributed by atoms with Crippen molar-refractivity contribution in [1.29, 1.82) is 5.26 Å². The lowest BCUT2D eigenvalue weighted by atomic mass is 10.0. The summed E-state index contributed by atoms with van der Waals surface area (Å²) >= 11 is 7.42. The van der Waals surface area contributed by atoms with Gasteiger partial charge in [-0.05, 0) is 55.6 Å². The lowest BCUT2D eigenvalue weighted by Crippen LogP contribution is -2.12. The minimum atomic E-state index is -0.143. The minimum absolute atomic E-state index is 0.143. The second kappa shape index (κ2) is 9.11. The highest BCUT2D eigenvalue weighted by Crippen LogP contribution is 2.28. The molecule has 0 radical (unpaired) electrons.